The van der Waals surface area contributed by atoms with Crippen molar-refractivity contribution < 1.29 is 23.8 Å². The second-order valence-electron chi connectivity index (χ2n) is 8.27. The van der Waals surface area contributed by atoms with Crippen molar-refractivity contribution in [3.8, 4) is 0 Å². The van der Waals surface area contributed by atoms with Gasteiger partial charge in [-0.05, 0) is 59.0 Å². The first kappa shape index (κ1) is 19.9. The highest BCUT2D eigenvalue weighted by molar-refractivity contribution is 5.91. The lowest BCUT2D eigenvalue weighted by atomic mass is 9.84. The molecule has 0 spiro atoms. The molecule has 1 aliphatic carbocycles. The van der Waals surface area contributed by atoms with Gasteiger partial charge in [-0.25, -0.2) is 4.79 Å². The summed E-state index contributed by atoms with van der Waals surface area (Å²) in [6.07, 6.45) is 7.78. The Labute approximate surface area is 161 Å². The third-order valence-corrected chi connectivity index (χ3v) is 6.02. The van der Waals surface area contributed by atoms with Crippen LogP contribution in [0, 0.1) is 5.92 Å². The summed E-state index contributed by atoms with van der Waals surface area (Å²) in [6.45, 7) is 11.5. The fraction of sp³-hybridized carbons (Fsp3) is 0.636. The predicted octanol–water partition coefficient (Wildman–Crippen LogP) is 4.03. The molecule has 0 aromatic heterocycles. The number of hydrogen-bond acceptors (Lipinski definition) is 5. The minimum Gasteiger partial charge on any atom is -0.459 e. The van der Waals surface area contributed by atoms with Gasteiger partial charge in [0.25, 0.3) is 0 Å². The van der Waals surface area contributed by atoms with Crippen molar-refractivity contribution in [2.45, 2.75) is 83.7 Å². The van der Waals surface area contributed by atoms with Gasteiger partial charge in [0, 0.05) is 18.4 Å². The molecule has 0 radical (unpaired) electrons. The van der Waals surface area contributed by atoms with Crippen molar-refractivity contribution in [2.24, 2.45) is 5.92 Å². The van der Waals surface area contributed by atoms with E-state index >= 15 is 0 Å². The predicted molar refractivity (Wildman–Crippen MR) is 102 cm³/mol. The normalized spacial score (nSPS) is 41.0. The van der Waals surface area contributed by atoms with Crippen LogP contribution < -0.4 is 0 Å². The van der Waals surface area contributed by atoms with E-state index in [-0.39, 0.29) is 30.1 Å². The van der Waals surface area contributed by atoms with Crippen LogP contribution in [0.25, 0.3) is 0 Å². The van der Waals surface area contributed by atoms with E-state index in [9.17, 15) is 9.59 Å². The van der Waals surface area contributed by atoms with Crippen LogP contribution in [0.3, 0.4) is 0 Å². The van der Waals surface area contributed by atoms with Gasteiger partial charge >= 0.3 is 11.9 Å². The highest BCUT2D eigenvalue weighted by atomic mass is 16.6. The van der Waals surface area contributed by atoms with Gasteiger partial charge in [0.1, 0.15) is 17.8 Å². The van der Waals surface area contributed by atoms with E-state index in [4.69, 9.17) is 14.2 Å². The maximum atomic E-state index is 12.1. The molecule has 2 fully saturated rings. The summed E-state index contributed by atoms with van der Waals surface area (Å²) in [4.78, 5) is 23.8. The topological polar surface area (TPSA) is 65.1 Å². The SMILES string of the molecule is C=C1C(=O)O[C@H]2/C=C(\C)CC/C=C(\C)CC[C@@H]3O[C@@]3(C)[C@@H](OC(C)=O)C[C@@H]12. The van der Waals surface area contributed by atoms with Gasteiger partial charge in [0.05, 0.1) is 6.10 Å². The van der Waals surface area contributed by atoms with E-state index in [1.807, 2.05) is 13.0 Å². The molecular weight excluding hydrogens is 344 g/mol. The summed E-state index contributed by atoms with van der Waals surface area (Å²) < 4.78 is 17.2. The van der Waals surface area contributed by atoms with E-state index in [1.54, 1.807) is 0 Å². The molecule has 2 heterocycles. The number of fused-ring (bicyclic) bond motifs is 2. The largest absolute Gasteiger partial charge is 0.459 e. The minimum absolute atomic E-state index is 0.0511. The summed E-state index contributed by atoms with van der Waals surface area (Å²) in [5.74, 6) is -0.917. The molecule has 5 nitrogen and oxygen atoms in total. The van der Waals surface area contributed by atoms with E-state index in [0.29, 0.717) is 12.0 Å². The van der Waals surface area contributed by atoms with Crippen LogP contribution in [-0.4, -0.2) is 35.9 Å². The van der Waals surface area contributed by atoms with Gasteiger partial charge in [-0.3, -0.25) is 4.79 Å². The summed E-state index contributed by atoms with van der Waals surface area (Å²) in [7, 11) is 0. The average molecular weight is 374 g/mol. The lowest BCUT2D eigenvalue weighted by molar-refractivity contribution is -0.151. The fourth-order valence-electron chi connectivity index (χ4n) is 4.16. The molecule has 148 valence electrons. The second kappa shape index (κ2) is 7.63. The van der Waals surface area contributed by atoms with Crippen molar-refractivity contribution >= 4 is 11.9 Å². The first-order valence-electron chi connectivity index (χ1n) is 9.78. The van der Waals surface area contributed by atoms with Crippen molar-refractivity contribution in [1.29, 1.82) is 0 Å². The quantitative estimate of drug-likeness (QED) is 0.300. The molecule has 27 heavy (non-hydrogen) atoms. The van der Waals surface area contributed by atoms with Crippen molar-refractivity contribution in [2.75, 3.05) is 0 Å². The van der Waals surface area contributed by atoms with Crippen molar-refractivity contribution in [3.05, 3.63) is 35.5 Å². The Bertz CT molecular complexity index is 703. The van der Waals surface area contributed by atoms with E-state index in [1.165, 1.54) is 18.1 Å². The second-order valence-corrected chi connectivity index (χ2v) is 8.27. The molecule has 3 rings (SSSR count). The number of epoxide rings is 1. The third-order valence-electron chi connectivity index (χ3n) is 6.02. The van der Waals surface area contributed by atoms with Crippen LogP contribution in [0.15, 0.2) is 35.5 Å². The van der Waals surface area contributed by atoms with E-state index in [0.717, 1.165) is 25.7 Å². The summed E-state index contributed by atoms with van der Waals surface area (Å²) in [5.41, 5.74) is 2.46. The highest BCUT2D eigenvalue weighted by Crippen LogP contribution is 2.47. The minimum atomic E-state index is -0.523. The Hall–Kier alpha value is -1.88. The molecule has 5 atom stereocenters. The average Bonchev–Trinajstić information content (AvgIpc) is 3.18. The van der Waals surface area contributed by atoms with Crippen LogP contribution >= 0.6 is 0 Å². The lowest BCUT2D eigenvalue weighted by Gasteiger charge is -2.26. The Balaban J connectivity index is 1.91. The molecule has 0 unspecified atom stereocenters. The Morgan fingerprint density at radius 2 is 2.04 bits per heavy atom. The van der Waals surface area contributed by atoms with E-state index in [2.05, 4.69) is 26.5 Å². The monoisotopic (exact) mass is 374 g/mol. The molecule has 0 N–H and O–H groups in total. The van der Waals surface area contributed by atoms with Crippen LogP contribution in [0.2, 0.25) is 0 Å². The standard InChI is InChI=1S/C22H30O5/c1-13-7-6-8-14(2)11-18-17(15(3)21(24)26-18)12-20(25-16(4)23)22(5)19(27-22)10-9-13/h7,11,17-20H,3,6,8-10,12H2,1-2,4-5H3/b13-7+,14-11+/t17-,18-,19-,20-,22+/m0/s1. The number of ether oxygens (including phenoxy) is 3. The Morgan fingerprint density at radius 1 is 1.30 bits per heavy atom. The van der Waals surface area contributed by atoms with Crippen LogP contribution in [0.5, 0.6) is 0 Å². The molecule has 2 aliphatic heterocycles. The molecule has 0 saturated carbocycles. The molecule has 5 heteroatoms. The van der Waals surface area contributed by atoms with Crippen molar-refractivity contribution in [1.82, 2.24) is 0 Å². The number of hydrogen-bond donors (Lipinski definition) is 0. The van der Waals surface area contributed by atoms with Gasteiger partial charge in [0.15, 0.2) is 0 Å². The highest BCUT2D eigenvalue weighted by Gasteiger charge is 2.60. The van der Waals surface area contributed by atoms with Crippen molar-refractivity contribution in [3.63, 3.8) is 0 Å². The van der Waals surface area contributed by atoms with Gasteiger partial charge in [-0.2, -0.15) is 0 Å². The van der Waals surface area contributed by atoms with Gasteiger partial charge in [-0.15, -0.1) is 0 Å². The van der Waals surface area contributed by atoms with Crippen LogP contribution in [-0.2, 0) is 23.8 Å². The maximum absolute atomic E-state index is 12.1. The van der Waals surface area contributed by atoms with Gasteiger partial charge in [-0.1, -0.05) is 23.8 Å². The molecule has 2 saturated heterocycles. The molecule has 0 aromatic carbocycles. The molecule has 0 aromatic rings. The first-order valence-corrected chi connectivity index (χ1v) is 9.78. The summed E-state index contributed by atoms with van der Waals surface area (Å²) >= 11 is 0. The number of allylic oxidation sites excluding steroid dienone is 3. The molecule has 0 bridgehead atoms. The smallest absolute Gasteiger partial charge is 0.334 e. The van der Waals surface area contributed by atoms with E-state index < -0.39 is 11.7 Å². The molecule has 3 aliphatic rings. The molecular formula is C22H30O5. The Morgan fingerprint density at radius 3 is 2.74 bits per heavy atom. The number of esters is 2. The summed E-state index contributed by atoms with van der Waals surface area (Å²) in [5, 5.41) is 0. The number of carbonyl (C=O) groups excluding carboxylic acids is 2. The zero-order valence-electron chi connectivity index (χ0n) is 16.7. The third kappa shape index (κ3) is 4.34. The van der Waals surface area contributed by atoms with Gasteiger partial charge < -0.3 is 14.2 Å². The maximum Gasteiger partial charge on any atom is 0.334 e. The van der Waals surface area contributed by atoms with Crippen LogP contribution in [0.4, 0.5) is 0 Å². The Kier molecular flexibility index (Phi) is 5.61. The zero-order valence-corrected chi connectivity index (χ0v) is 16.7. The molecule has 0 amide bonds. The van der Waals surface area contributed by atoms with Gasteiger partial charge in [0.2, 0.25) is 0 Å². The fourth-order valence-corrected chi connectivity index (χ4v) is 4.16. The zero-order chi connectivity index (χ0) is 19.8. The number of rotatable bonds is 1. The first-order chi connectivity index (χ1) is 12.7. The summed E-state index contributed by atoms with van der Waals surface area (Å²) in [6, 6.07) is 0. The van der Waals surface area contributed by atoms with Crippen LogP contribution in [0.1, 0.15) is 59.8 Å². The lowest BCUT2D eigenvalue weighted by Crippen LogP contribution is -2.37. The number of carbonyl (C=O) groups is 2.